The Kier molecular flexibility index (Phi) is 4.59. The van der Waals surface area contributed by atoms with Crippen LogP contribution >= 0.6 is 43.2 Å². The number of nitro benzene ring substituents is 1. The summed E-state index contributed by atoms with van der Waals surface area (Å²) in [5, 5.41) is 16.1. The Morgan fingerprint density at radius 1 is 1.37 bits per heavy atom. The van der Waals surface area contributed by atoms with Gasteiger partial charge >= 0.3 is 0 Å². The number of aryl methyl sites for hydroxylation is 1. The molecule has 0 saturated carbocycles. The van der Waals surface area contributed by atoms with E-state index < -0.39 is 0 Å². The van der Waals surface area contributed by atoms with E-state index in [0.717, 1.165) is 10.2 Å². The first-order chi connectivity index (χ1) is 8.99. The number of nitro groups is 1. The number of anilines is 1. The fourth-order valence-electron chi connectivity index (χ4n) is 1.63. The van der Waals surface area contributed by atoms with Crippen LogP contribution in [0.5, 0.6) is 0 Å². The zero-order chi connectivity index (χ0) is 14.0. The van der Waals surface area contributed by atoms with Crippen LogP contribution in [0.2, 0.25) is 0 Å². The molecule has 0 spiro atoms. The third-order valence-electron chi connectivity index (χ3n) is 2.61. The van der Waals surface area contributed by atoms with E-state index in [1.54, 1.807) is 24.3 Å². The van der Waals surface area contributed by atoms with Crippen LogP contribution in [0.4, 0.5) is 11.4 Å². The number of hydrogen-bond acceptors (Lipinski definition) is 4. The third-order valence-corrected chi connectivity index (χ3v) is 5.20. The lowest BCUT2D eigenvalue weighted by atomic mass is 10.2. The molecule has 2 rings (SSSR count). The zero-order valence-electron chi connectivity index (χ0n) is 9.94. The quantitative estimate of drug-likeness (QED) is 0.568. The molecule has 2 aromatic rings. The Morgan fingerprint density at radius 3 is 2.68 bits per heavy atom. The third kappa shape index (κ3) is 3.34. The molecule has 0 atom stereocenters. The number of nitrogens with zero attached hydrogens (tertiary/aromatic N) is 1. The summed E-state index contributed by atoms with van der Waals surface area (Å²) < 4.78 is 1.76. The van der Waals surface area contributed by atoms with Crippen molar-refractivity contribution in [2.45, 2.75) is 13.5 Å². The van der Waals surface area contributed by atoms with Crippen molar-refractivity contribution in [3.63, 3.8) is 0 Å². The lowest BCUT2D eigenvalue weighted by molar-refractivity contribution is -0.385. The molecule has 0 fully saturated rings. The van der Waals surface area contributed by atoms with Gasteiger partial charge in [-0.15, -0.1) is 11.3 Å². The van der Waals surface area contributed by atoms with Gasteiger partial charge in [-0.05, 0) is 56.3 Å². The standard InChI is InChI=1S/C12H10Br2N2O2S/c1-7-4-10(9(14)5-11(7)16(17)18)15-6-12-8(13)2-3-19-12/h2-5,15H,6H2,1H3. The van der Waals surface area contributed by atoms with E-state index in [0.29, 0.717) is 16.6 Å². The molecule has 0 saturated heterocycles. The number of halogens is 2. The molecule has 100 valence electrons. The lowest BCUT2D eigenvalue weighted by Crippen LogP contribution is -2.01. The maximum Gasteiger partial charge on any atom is 0.273 e. The largest absolute Gasteiger partial charge is 0.379 e. The van der Waals surface area contributed by atoms with Gasteiger partial charge in [0, 0.05) is 31.1 Å². The second-order valence-electron chi connectivity index (χ2n) is 3.92. The number of benzene rings is 1. The fraction of sp³-hybridized carbons (Fsp3) is 0.167. The summed E-state index contributed by atoms with van der Waals surface area (Å²) in [7, 11) is 0. The maximum atomic E-state index is 10.8. The molecule has 0 bridgehead atoms. The molecule has 1 heterocycles. The van der Waals surface area contributed by atoms with E-state index in [1.807, 2.05) is 11.4 Å². The van der Waals surface area contributed by atoms with Gasteiger partial charge in [0.2, 0.25) is 0 Å². The highest BCUT2D eigenvalue weighted by Crippen LogP contribution is 2.32. The van der Waals surface area contributed by atoms with Gasteiger partial charge in [0.1, 0.15) is 0 Å². The van der Waals surface area contributed by atoms with Gasteiger partial charge in [0.05, 0.1) is 11.5 Å². The number of nitrogens with one attached hydrogen (secondary N) is 1. The Morgan fingerprint density at radius 2 is 2.11 bits per heavy atom. The van der Waals surface area contributed by atoms with Crippen LogP contribution < -0.4 is 5.32 Å². The van der Waals surface area contributed by atoms with Gasteiger partial charge in [0.25, 0.3) is 5.69 Å². The maximum absolute atomic E-state index is 10.8. The Labute approximate surface area is 131 Å². The molecule has 7 heteroatoms. The Balaban J connectivity index is 2.20. The molecule has 0 amide bonds. The van der Waals surface area contributed by atoms with Crippen molar-refractivity contribution in [2.75, 3.05) is 5.32 Å². The molecular formula is C12H10Br2N2O2S. The SMILES string of the molecule is Cc1cc(NCc2sccc2Br)c(Br)cc1[N+](=O)[O-]. The molecular weight excluding hydrogens is 396 g/mol. The average Bonchev–Trinajstić information content (AvgIpc) is 2.75. The summed E-state index contributed by atoms with van der Waals surface area (Å²) in [4.78, 5) is 11.6. The molecule has 1 N–H and O–H groups in total. The summed E-state index contributed by atoms with van der Waals surface area (Å²) in [6.07, 6.45) is 0. The molecule has 0 aliphatic rings. The summed E-state index contributed by atoms with van der Waals surface area (Å²) in [5.74, 6) is 0. The second-order valence-corrected chi connectivity index (χ2v) is 6.63. The van der Waals surface area contributed by atoms with Crippen LogP contribution in [0.25, 0.3) is 0 Å². The molecule has 1 aromatic carbocycles. The molecule has 19 heavy (non-hydrogen) atoms. The number of rotatable bonds is 4. The molecule has 4 nitrogen and oxygen atoms in total. The van der Waals surface area contributed by atoms with Gasteiger partial charge in [-0.2, -0.15) is 0 Å². The van der Waals surface area contributed by atoms with Gasteiger partial charge in [0.15, 0.2) is 0 Å². The van der Waals surface area contributed by atoms with E-state index in [2.05, 4.69) is 37.2 Å². The molecule has 1 aromatic heterocycles. The predicted molar refractivity (Wildman–Crippen MR) is 84.9 cm³/mol. The summed E-state index contributed by atoms with van der Waals surface area (Å²) in [6, 6.07) is 5.31. The normalized spacial score (nSPS) is 10.5. The number of thiophene rings is 1. The van der Waals surface area contributed by atoms with E-state index >= 15 is 0 Å². The van der Waals surface area contributed by atoms with Crippen LogP contribution in [-0.4, -0.2) is 4.92 Å². The smallest absolute Gasteiger partial charge is 0.273 e. The van der Waals surface area contributed by atoms with Crippen molar-refractivity contribution in [3.8, 4) is 0 Å². The van der Waals surface area contributed by atoms with Crippen molar-refractivity contribution in [1.29, 1.82) is 0 Å². The average molecular weight is 406 g/mol. The molecule has 0 radical (unpaired) electrons. The van der Waals surface area contributed by atoms with Crippen molar-refractivity contribution in [3.05, 3.63) is 53.1 Å². The van der Waals surface area contributed by atoms with E-state index in [9.17, 15) is 10.1 Å². The first kappa shape index (κ1) is 14.5. The van der Waals surface area contributed by atoms with Crippen molar-refractivity contribution in [2.24, 2.45) is 0 Å². The van der Waals surface area contributed by atoms with E-state index in [4.69, 9.17) is 0 Å². The van der Waals surface area contributed by atoms with Crippen LogP contribution in [0.15, 0.2) is 32.5 Å². The number of hydrogen-bond donors (Lipinski definition) is 1. The predicted octanol–water partition coefficient (Wildman–Crippen LogP) is 5.10. The van der Waals surface area contributed by atoms with E-state index in [-0.39, 0.29) is 10.6 Å². The van der Waals surface area contributed by atoms with Crippen molar-refractivity contribution in [1.82, 2.24) is 0 Å². The van der Waals surface area contributed by atoms with Crippen LogP contribution in [0.1, 0.15) is 10.4 Å². The second kappa shape index (κ2) is 6.02. The van der Waals surface area contributed by atoms with Crippen LogP contribution in [0, 0.1) is 17.0 Å². The zero-order valence-corrected chi connectivity index (χ0v) is 13.9. The Hall–Kier alpha value is -0.920. The fourth-order valence-corrected chi connectivity index (χ4v) is 3.53. The van der Waals surface area contributed by atoms with Gasteiger partial charge in [-0.3, -0.25) is 10.1 Å². The highest BCUT2D eigenvalue weighted by atomic mass is 79.9. The van der Waals surface area contributed by atoms with Crippen molar-refractivity contribution < 1.29 is 4.92 Å². The van der Waals surface area contributed by atoms with Gasteiger partial charge in [-0.1, -0.05) is 0 Å². The first-order valence-corrected chi connectivity index (χ1v) is 7.86. The minimum atomic E-state index is -0.375. The summed E-state index contributed by atoms with van der Waals surface area (Å²) >= 11 is 8.48. The molecule has 0 aliphatic heterocycles. The monoisotopic (exact) mass is 404 g/mol. The van der Waals surface area contributed by atoms with Crippen molar-refractivity contribution >= 4 is 54.6 Å². The minimum absolute atomic E-state index is 0.120. The van der Waals surface area contributed by atoms with Crippen LogP contribution in [0.3, 0.4) is 0 Å². The molecule has 0 unspecified atom stereocenters. The highest BCUT2D eigenvalue weighted by molar-refractivity contribution is 9.11. The summed E-state index contributed by atoms with van der Waals surface area (Å²) in [5.41, 5.74) is 1.61. The van der Waals surface area contributed by atoms with Gasteiger partial charge in [-0.25, -0.2) is 0 Å². The molecule has 0 aliphatic carbocycles. The summed E-state index contributed by atoms with van der Waals surface area (Å²) in [6.45, 7) is 2.41. The first-order valence-electron chi connectivity index (χ1n) is 5.39. The lowest BCUT2D eigenvalue weighted by Gasteiger charge is -2.09. The van der Waals surface area contributed by atoms with Crippen LogP contribution in [-0.2, 0) is 6.54 Å². The highest BCUT2D eigenvalue weighted by Gasteiger charge is 2.14. The topological polar surface area (TPSA) is 55.2 Å². The van der Waals surface area contributed by atoms with Gasteiger partial charge < -0.3 is 5.32 Å². The van der Waals surface area contributed by atoms with E-state index in [1.165, 1.54) is 10.9 Å². The minimum Gasteiger partial charge on any atom is -0.379 e. The Bertz CT molecular complexity index is 628.